The maximum absolute atomic E-state index is 12.4. The Bertz CT molecular complexity index is 329. The Morgan fingerprint density at radius 2 is 2.50 bits per heavy atom. The van der Waals surface area contributed by atoms with Gasteiger partial charge in [0.15, 0.2) is 0 Å². The van der Waals surface area contributed by atoms with Gasteiger partial charge in [-0.05, 0) is 6.92 Å². The smallest absolute Gasteiger partial charge is 0.272 e. The molecule has 3 nitrogen and oxygen atoms in total. The zero-order valence-corrected chi connectivity index (χ0v) is 9.40. The van der Waals surface area contributed by atoms with Crippen LogP contribution < -0.4 is 0 Å². The summed E-state index contributed by atoms with van der Waals surface area (Å²) in [5, 5.41) is 0.920. The second-order valence-electron chi connectivity index (χ2n) is 2.84. The molecule has 14 heavy (non-hydrogen) atoms. The molecule has 0 saturated heterocycles. The van der Waals surface area contributed by atoms with Crippen molar-refractivity contribution in [1.82, 2.24) is 9.88 Å². The largest absolute Gasteiger partial charge is 0.337 e. The topological polar surface area (TPSA) is 33.2 Å². The van der Waals surface area contributed by atoms with Gasteiger partial charge in [-0.2, -0.15) is 0 Å². The SMILES string of the molecule is Cc1ncc(CN(C)C(=O)C(F)Cl)s1. The van der Waals surface area contributed by atoms with Crippen molar-refractivity contribution in [2.75, 3.05) is 7.05 Å². The molecule has 0 aromatic carbocycles. The van der Waals surface area contributed by atoms with Crippen LogP contribution in [0.25, 0.3) is 0 Å². The van der Waals surface area contributed by atoms with Gasteiger partial charge in [-0.1, -0.05) is 11.6 Å². The van der Waals surface area contributed by atoms with Gasteiger partial charge in [-0.15, -0.1) is 11.3 Å². The van der Waals surface area contributed by atoms with E-state index in [2.05, 4.69) is 4.98 Å². The Kier molecular flexibility index (Phi) is 3.83. The number of alkyl halides is 2. The van der Waals surface area contributed by atoms with E-state index in [1.807, 2.05) is 6.92 Å². The molecule has 0 spiro atoms. The van der Waals surface area contributed by atoms with Gasteiger partial charge in [0.2, 0.25) is 0 Å². The van der Waals surface area contributed by atoms with Gasteiger partial charge in [0.25, 0.3) is 11.5 Å². The molecule has 1 amide bonds. The zero-order valence-electron chi connectivity index (χ0n) is 7.83. The molecule has 78 valence electrons. The molecule has 0 fully saturated rings. The maximum Gasteiger partial charge on any atom is 0.272 e. The van der Waals surface area contributed by atoms with E-state index in [4.69, 9.17) is 11.6 Å². The lowest BCUT2D eigenvalue weighted by molar-refractivity contribution is -0.132. The van der Waals surface area contributed by atoms with E-state index in [1.54, 1.807) is 6.20 Å². The van der Waals surface area contributed by atoms with Crippen molar-refractivity contribution >= 4 is 28.8 Å². The number of thiazole rings is 1. The summed E-state index contributed by atoms with van der Waals surface area (Å²) >= 11 is 6.50. The summed E-state index contributed by atoms with van der Waals surface area (Å²) in [6.45, 7) is 2.22. The van der Waals surface area contributed by atoms with Crippen LogP contribution in [-0.2, 0) is 11.3 Å². The lowest BCUT2D eigenvalue weighted by atomic mass is 10.4. The van der Waals surface area contributed by atoms with Crippen LogP contribution in [0.15, 0.2) is 6.20 Å². The Morgan fingerprint density at radius 1 is 1.86 bits per heavy atom. The minimum atomic E-state index is -1.96. The van der Waals surface area contributed by atoms with Crippen molar-refractivity contribution in [2.45, 2.75) is 19.1 Å². The number of amides is 1. The van der Waals surface area contributed by atoms with Crippen molar-refractivity contribution in [3.8, 4) is 0 Å². The number of aromatic nitrogens is 1. The van der Waals surface area contributed by atoms with Gasteiger partial charge in [-0.25, -0.2) is 9.37 Å². The van der Waals surface area contributed by atoms with Crippen LogP contribution in [0.2, 0.25) is 0 Å². The summed E-state index contributed by atoms with van der Waals surface area (Å²) in [5.74, 6) is -0.724. The highest BCUT2D eigenvalue weighted by Gasteiger charge is 2.18. The molecule has 1 unspecified atom stereocenters. The molecule has 0 bridgehead atoms. The predicted octanol–water partition coefficient (Wildman–Crippen LogP) is 1.94. The lowest BCUT2D eigenvalue weighted by Crippen LogP contribution is -2.30. The summed E-state index contributed by atoms with van der Waals surface area (Å²) in [4.78, 5) is 17.2. The standard InChI is InChI=1S/C8H10ClFN2OS/c1-5-11-3-6(14-5)4-12(2)8(13)7(9)10/h3,7H,4H2,1-2H3. The van der Waals surface area contributed by atoms with Crippen LogP contribution in [0.4, 0.5) is 4.39 Å². The number of rotatable bonds is 3. The summed E-state index contributed by atoms with van der Waals surface area (Å²) in [6.07, 6.45) is 1.67. The fraction of sp³-hybridized carbons (Fsp3) is 0.500. The zero-order chi connectivity index (χ0) is 10.7. The van der Waals surface area contributed by atoms with Crippen LogP contribution in [-0.4, -0.2) is 28.5 Å². The van der Waals surface area contributed by atoms with E-state index in [1.165, 1.54) is 23.3 Å². The molecule has 1 heterocycles. The van der Waals surface area contributed by atoms with Crippen molar-refractivity contribution in [2.24, 2.45) is 0 Å². The van der Waals surface area contributed by atoms with Crippen molar-refractivity contribution < 1.29 is 9.18 Å². The molecule has 1 aromatic rings. The number of nitrogens with zero attached hydrogens (tertiary/aromatic N) is 2. The first-order valence-corrected chi connectivity index (χ1v) is 5.20. The van der Waals surface area contributed by atoms with Gasteiger partial charge in [0.1, 0.15) is 0 Å². The molecular weight excluding hydrogens is 227 g/mol. The Balaban J connectivity index is 2.57. The van der Waals surface area contributed by atoms with E-state index in [0.29, 0.717) is 6.54 Å². The third kappa shape index (κ3) is 2.92. The Morgan fingerprint density at radius 3 is 2.93 bits per heavy atom. The number of hydrogen-bond acceptors (Lipinski definition) is 3. The minimum Gasteiger partial charge on any atom is -0.337 e. The summed E-state index contributed by atoms with van der Waals surface area (Å²) in [7, 11) is 1.51. The number of carbonyl (C=O) groups excluding carboxylic acids is 1. The van der Waals surface area contributed by atoms with Gasteiger partial charge in [-0.3, -0.25) is 4.79 Å². The van der Waals surface area contributed by atoms with Crippen LogP contribution in [0.3, 0.4) is 0 Å². The van der Waals surface area contributed by atoms with Crippen molar-refractivity contribution in [3.05, 3.63) is 16.1 Å². The van der Waals surface area contributed by atoms with E-state index in [-0.39, 0.29) is 0 Å². The first-order valence-electron chi connectivity index (χ1n) is 3.95. The van der Waals surface area contributed by atoms with Crippen LogP contribution >= 0.6 is 22.9 Å². The molecule has 0 aliphatic carbocycles. The summed E-state index contributed by atoms with van der Waals surface area (Å²) in [5.41, 5.74) is -1.96. The lowest BCUT2D eigenvalue weighted by Gasteiger charge is -2.15. The van der Waals surface area contributed by atoms with E-state index in [0.717, 1.165) is 9.88 Å². The van der Waals surface area contributed by atoms with Crippen LogP contribution in [0.1, 0.15) is 9.88 Å². The first kappa shape index (κ1) is 11.4. The van der Waals surface area contributed by atoms with E-state index in [9.17, 15) is 9.18 Å². The highest BCUT2D eigenvalue weighted by atomic mass is 35.5. The molecule has 1 aromatic heterocycles. The second kappa shape index (κ2) is 4.70. The number of aryl methyl sites for hydroxylation is 1. The predicted molar refractivity (Wildman–Crippen MR) is 54.1 cm³/mol. The quantitative estimate of drug-likeness (QED) is 0.752. The number of hydrogen-bond donors (Lipinski definition) is 0. The first-order chi connectivity index (χ1) is 6.50. The molecule has 0 aliphatic rings. The Labute approximate surface area is 90.5 Å². The normalized spacial score (nSPS) is 12.6. The van der Waals surface area contributed by atoms with Crippen molar-refractivity contribution in [3.63, 3.8) is 0 Å². The maximum atomic E-state index is 12.4. The number of halogens is 2. The van der Waals surface area contributed by atoms with Crippen LogP contribution in [0, 0.1) is 6.92 Å². The highest BCUT2D eigenvalue weighted by Crippen LogP contribution is 2.14. The molecule has 1 rings (SSSR count). The van der Waals surface area contributed by atoms with E-state index >= 15 is 0 Å². The molecule has 6 heteroatoms. The fourth-order valence-corrected chi connectivity index (χ4v) is 1.97. The van der Waals surface area contributed by atoms with Gasteiger partial charge in [0, 0.05) is 18.1 Å². The molecule has 0 radical (unpaired) electrons. The monoisotopic (exact) mass is 236 g/mol. The molecule has 0 N–H and O–H groups in total. The summed E-state index contributed by atoms with van der Waals surface area (Å²) in [6, 6.07) is 0. The Hall–Kier alpha value is -0.680. The average Bonchev–Trinajstić information content (AvgIpc) is 2.49. The van der Waals surface area contributed by atoms with E-state index < -0.39 is 11.5 Å². The minimum absolute atomic E-state index is 0.345. The number of carbonyl (C=O) groups is 1. The van der Waals surface area contributed by atoms with Gasteiger partial charge in [0.05, 0.1) is 11.6 Å². The molecule has 0 aliphatic heterocycles. The summed E-state index contributed by atoms with van der Waals surface area (Å²) < 4.78 is 12.4. The van der Waals surface area contributed by atoms with Gasteiger partial charge >= 0.3 is 0 Å². The van der Waals surface area contributed by atoms with Crippen LogP contribution in [0.5, 0.6) is 0 Å². The third-order valence-electron chi connectivity index (χ3n) is 1.63. The van der Waals surface area contributed by atoms with Gasteiger partial charge < -0.3 is 4.90 Å². The van der Waals surface area contributed by atoms with Crippen molar-refractivity contribution in [1.29, 1.82) is 0 Å². The molecular formula is C8H10ClFN2OS. The fourth-order valence-electron chi connectivity index (χ4n) is 0.957. The second-order valence-corrected chi connectivity index (χ2v) is 4.54. The molecule has 0 saturated carbocycles. The average molecular weight is 237 g/mol. The third-order valence-corrected chi connectivity index (χ3v) is 2.71. The molecule has 1 atom stereocenters. The highest BCUT2D eigenvalue weighted by molar-refractivity contribution is 7.11.